The van der Waals surface area contributed by atoms with Crippen LogP contribution in [0.25, 0.3) is 0 Å². The molecule has 1 N–H and O–H groups in total. The second-order valence-electron chi connectivity index (χ2n) is 7.14. The first-order chi connectivity index (χ1) is 14.7. The Hall–Kier alpha value is -3.40. The number of alkyl halides is 3. The molecular weight excluding hydrogens is 417 g/mol. The van der Waals surface area contributed by atoms with E-state index in [9.17, 15) is 27.6 Å². The Morgan fingerprint density at radius 1 is 1.10 bits per heavy atom. The monoisotopic (exact) mass is 434 g/mol. The molecule has 7 nitrogen and oxygen atoms in total. The van der Waals surface area contributed by atoms with Crippen LogP contribution in [0, 0.1) is 0 Å². The van der Waals surface area contributed by atoms with E-state index in [1.165, 1.54) is 30.3 Å². The fourth-order valence-electron chi connectivity index (χ4n) is 3.53. The van der Waals surface area contributed by atoms with E-state index >= 15 is 0 Å². The van der Waals surface area contributed by atoms with E-state index in [1.54, 1.807) is 0 Å². The second kappa shape index (κ2) is 8.03. The van der Waals surface area contributed by atoms with E-state index in [0.717, 1.165) is 29.9 Å². The lowest BCUT2D eigenvalue weighted by Gasteiger charge is -2.17. The molecule has 2 aromatic carbocycles. The smallest absolute Gasteiger partial charge is 0.406 e. The summed E-state index contributed by atoms with van der Waals surface area (Å²) in [6, 6.07) is 8.81. The van der Waals surface area contributed by atoms with Crippen LogP contribution in [0.2, 0.25) is 0 Å². The first-order valence-corrected chi connectivity index (χ1v) is 9.50. The number of nitrogens with one attached hydrogen (secondary N) is 1. The molecule has 0 saturated carbocycles. The molecule has 4 rings (SSSR count). The summed E-state index contributed by atoms with van der Waals surface area (Å²) in [5, 5.41) is 2.53. The predicted molar refractivity (Wildman–Crippen MR) is 102 cm³/mol. The van der Waals surface area contributed by atoms with Gasteiger partial charge in [-0.05, 0) is 55.3 Å². The van der Waals surface area contributed by atoms with Gasteiger partial charge in [-0.2, -0.15) is 0 Å². The molecule has 1 atom stereocenters. The van der Waals surface area contributed by atoms with Crippen molar-refractivity contribution < 1.29 is 37.0 Å². The maximum atomic E-state index is 12.7. The summed E-state index contributed by atoms with van der Waals surface area (Å²) >= 11 is 0. The SMILES string of the molecule is O=C(Nc1ccc(OC(F)(F)F)cc1)c1ccc2c(c1)C(=O)N(C[C@H]1CCCO1)C2=O. The van der Waals surface area contributed by atoms with Crippen LogP contribution in [-0.2, 0) is 4.74 Å². The van der Waals surface area contributed by atoms with Gasteiger partial charge < -0.3 is 14.8 Å². The normalized spacial score (nSPS) is 18.3. The third-order valence-electron chi connectivity index (χ3n) is 4.99. The summed E-state index contributed by atoms with van der Waals surface area (Å²) in [6.45, 7) is 0.766. The van der Waals surface area contributed by atoms with Crippen molar-refractivity contribution in [2.45, 2.75) is 25.3 Å². The van der Waals surface area contributed by atoms with Crippen molar-refractivity contribution in [3.05, 3.63) is 59.2 Å². The van der Waals surface area contributed by atoms with Gasteiger partial charge in [0, 0.05) is 17.9 Å². The topological polar surface area (TPSA) is 84.9 Å². The van der Waals surface area contributed by atoms with Gasteiger partial charge in [0.1, 0.15) is 5.75 Å². The van der Waals surface area contributed by atoms with Gasteiger partial charge in [-0.1, -0.05) is 0 Å². The van der Waals surface area contributed by atoms with Gasteiger partial charge in [0.25, 0.3) is 17.7 Å². The standard InChI is InChI=1S/C21H17F3N2O5/c22-21(23,24)31-14-6-4-13(5-7-14)25-18(27)12-3-8-16-17(10-12)20(29)26(19(16)28)11-15-2-1-9-30-15/h3-8,10,15H,1-2,9,11H2,(H,25,27)/t15-/m1/s1. The fourth-order valence-corrected chi connectivity index (χ4v) is 3.53. The molecule has 1 fully saturated rings. The van der Waals surface area contributed by atoms with E-state index < -0.39 is 29.8 Å². The molecule has 1 saturated heterocycles. The first kappa shape index (κ1) is 20.9. The first-order valence-electron chi connectivity index (χ1n) is 9.50. The van der Waals surface area contributed by atoms with Crippen LogP contribution in [0.5, 0.6) is 5.75 Å². The zero-order valence-corrected chi connectivity index (χ0v) is 16.1. The Balaban J connectivity index is 1.46. The molecule has 2 aliphatic heterocycles. The second-order valence-corrected chi connectivity index (χ2v) is 7.14. The molecule has 3 amide bonds. The van der Waals surface area contributed by atoms with Crippen molar-refractivity contribution in [1.82, 2.24) is 4.90 Å². The summed E-state index contributed by atoms with van der Waals surface area (Å²) in [5.74, 6) is -1.91. The molecule has 162 valence electrons. The number of imide groups is 1. The van der Waals surface area contributed by atoms with E-state index in [-0.39, 0.29) is 35.0 Å². The Labute approximate surface area is 174 Å². The lowest BCUT2D eigenvalue weighted by molar-refractivity contribution is -0.274. The highest BCUT2D eigenvalue weighted by Gasteiger charge is 2.38. The summed E-state index contributed by atoms with van der Waals surface area (Å²) in [5.41, 5.74) is 0.717. The number of rotatable bonds is 5. The summed E-state index contributed by atoms with van der Waals surface area (Å²) < 4.78 is 46.0. The summed E-state index contributed by atoms with van der Waals surface area (Å²) in [6.07, 6.45) is -3.35. The minimum absolute atomic E-state index is 0.129. The number of benzene rings is 2. The lowest BCUT2D eigenvalue weighted by Crippen LogP contribution is -2.36. The highest BCUT2D eigenvalue weighted by Crippen LogP contribution is 2.27. The molecule has 0 unspecified atom stereocenters. The minimum Gasteiger partial charge on any atom is -0.406 e. The van der Waals surface area contributed by atoms with Gasteiger partial charge in [0.05, 0.1) is 23.8 Å². The van der Waals surface area contributed by atoms with Crippen LogP contribution in [0.3, 0.4) is 0 Å². The molecule has 31 heavy (non-hydrogen) atoms. The van der Waals surface area contributed by atoms with Crippen molar-refractivity contribution >= 4 is 23.4 Å². The van der Waals surface area contributed by atoms with Gasteiger partial charge in [0.15, 0.2) is 0 Å². The Kier molecular flexibility index (Phi) is 5.40. The van der Waals surface area contributed by atoms with Crippen LogP contribution in [0.4, 0.5) is 18.9 Å². The molecule has 2 aliphatic rings. The minimum atomic E-state index is -4.81. The van der Waals surface area contributed by atoms with E-state index in [2.05, 4.69) is 10.1 Å². The predicted octanol–water partition coefficient (Wildman–Crippen LogP) is 3.61. The van der Waals surface area contributed by atoms with Gasteiger partial charge >= 0.3 is 6.36 Å². The van der Waals surface area contributed by atoms with Crippen molar-refractivity contribution in [2.75, 3.05) is 18.5 Å². The van der Waals surface area contributed by atoms with Crippen LogP contribution < -0.4 is 10.1 Å². The van der Waals surface area contributed by atoms with Crippen molar-refractivity contribution in [2.24, 2.45) is 0 Å². The zero-order chi connectivity index (χ0) is 22.2. The van der Waals surface area contributed by atoms with Gasteiger partial charge in [-0.25, -0.2) is 0 Å². The van der Waals surface area contributed by atoms with Crippen LogP contribution >= 0.6 is 0 Å². The number of fused-ring (bicyclic) bond motifs is 1. The van der Waals surface area contributed by atoms with Gasteiger partial charge in [-0.15, -0.1) is 13.2 Å². The Morgan fingerprint density at radius 3 is 2.45 bits per heavy atom. The highest BCUT2D eigenvalue weighted by molar-refractivity contribution is 6.22. The fraction of sp³-hybridized carbons (Fsp3) is 0.286. The molecule has 2 heterocycles. The van der Waals surface area contributed by atoms with Crippen molar-refractivity contribution in [3.63, 3.8) is 0 Å². The number of amides is 3. The summed E-state index contributed by atoms with van der Waals surface area (Å²) in [4.78, 5) is 38.9. The molecular formula is C21H17F3N2O5. The third kappa shape index (κ3) is 4.53. The van der Waals surface area contributed by atoms with Crippen molar-refractivity contribution in [1.29, 1.82) is 0 Å². The number of hydrogen-bond acceptors (Lipinski definition) is 5. The average molecular weight is 434 g/mol. The maximum Gasteiger partial charge on any atom is 0.573 e. The molecule has 10 heteroatoms. The summed E-state index contributed by atoms with van der Waals surface area (Å²) in [7, 11) is 0. The van der Waals surface area contributed by atoms with E-state index in [4.69, 9.17) is 4.74 Å². The van der Waals surface area contributed by atoms with E-state index in [1.807, 2.05) is 0 Å². The largest absolute Gasteiger partial charge is 0.573 e. The maximum absolute atomic E-state index is 12.7. The lowest BCUT2D eigenvalue weighted by atomic mass is 10.1. The number of ether oxygens (including phenoxy) is 2. The quantitative estimate of drug-likeness (QED) is 0.727. The number of anilines is 1. The van der Waals surface area contributed by atoms with Crippen LogP contribution in [0.15, 0.2) is 42.5 Å². The molecule has 0 aromatic heterocycles. The third-order valence-corrected chi connectivity index (χ3v) is 4.99. The van der Waals surface area contributed by atoms with E-state index in [0.29, 0.717) is 6.61 Å². The molecule has 2 aromatic rings. The number of carbonyl (C=O) groups is 3. The molecule has 0 spiro atoms. The molecule has 0 radical (unpaired) electrons. The Bertz CT molecular complexity index is 1030. The van der Waals surface area contributed by atoms with Gasteiger partial charge in [-0.3, -0.25) is 19.3 Å². The van der Waals surface area contributed by atoms with Crippen LogP contribution in [-0.4, -0.2) is 48.2 Å². The number of hydrogen-bond donors (Lipinski definition) is 1. The molecule has 0 bridgehead atoms. The van der Waals surface area contributed by atoms with Crippen LogP contribution in [0.1, 0.15) is 43.9 Å². The number of halogens is 3. The molecule has 0 aliphatic carbocycles. The number of nitrogens with zero attached hydrogens (tertiary/aromatic N) is 1. The zero-order valence-electron chi connectivity index (χ0n) is 16.1. The van der Waals surface area contributed by atoms with Crippen molar-refractivity contribution in [3.8, 4) is 5.75 Å². The van der Waals surface area contributed by atoms with Gasteiger partial charge in [0.2, 0.25) is 0 Å². The average Bonchev–Trinajstić information content (AvgIpc) is 3.31. The number of carbonyl (C=O) groups excluding carboxylic acids is 3. The Morgan fingerprint density at radius 2 is 1.81 bits per heavy atom. The highest BCUT2D eigenvalue weighted by atomic mass is 19.4.